The number of nitrogens with zero attached hydrogens (tertiary/aromatic N) is 4. The number of para-hydroxylation sites is 2. The molecule has 0 unspecified atom stereocenters. The second kappa shape index (κ2) is 16.0. The van der Waals surface area contributed by atoms with E-state index in [0.717, 1.165) is 83.2 Å². The van der Waals surface area contributed by atoms with Gasteiger partial charge in [-0.15, -0.1) is 0 Å². The summed E-state index contributed by atoms with van der Waals surface area (Å²) in [5, 5.41) is 13.1. The van der Waals surface area contributed by atoms with Gasteiger partial charge >= 0.3 is 0 Å². The van der Waals surface area contributed by atoms with E-state index >= 15 is 0 Å². The van der Waals surface area contributed by atoms with Gasteiger partial charge in [0.05, 0.1) is 44.7 Å². The lowest BCUT2D eigenvalue weighted by Crippen LogP contribution is -2.00. The van der Waals surface area contributed by atoms with Crippen LogP contribution in [0.3, 0.4) is 0 Å². The van der Waals surface area contributed by atoms with Gasteiger partial charge in [0.25, 0.3) is 0 Å². The van der Waals surface area contributed by atoms with Gasteiger partial charge < -0.3 is 9.13 Å². The van der Waals surface area contributed by atoms with Crippen LogP contribution in [-0.2, 0) is 0 Å². The molecule has 334 valence electrons. The fourth-order valence-corrected chi connectivity index (χ4v) is 11.6. The number of aromatic nitrogens is 4. The van der Waals surface area contributed by atoms with Gasteiger partial charge in [-0.25, -0.2) is 9.97 Å². The van der Waals surface area contributed by atoms with Crippen LogP contribution in [0.25, 0.3) is 143 Å². The van der Waals surface area contributed by atoms with Crippen molar-refractivity contribution < 1.29 is 0 Å². The predicted octanol–water partition coefficient (Wildman–Crippen LogP) is 18.0. The molecule has 0 spiro atoms. The molecule has 4 nitrogen and oxygen atoms in total. The third-order valence-electron chi connectivity index (χ3n) is 14.8. The molecule has 0 amide bonds. The highest BCUT2D eigenvalue weighted by atomic mass is 15.0. The molecule has 12 aromatic carbocycles. The largest absolute Gasteiger partial charge is 0.309 e. The van der Waals surface area contributed by atoms with Crippen LogP contribution in [0.2, 0.25) is 0 Å². The summed E-state index contributed by atoms with van der Waals surface area (Å²) in [5.41, 5.74) is 15.3. The van der Waals surface area contributed by atoms with Crippen LogP contribution in [0.15, 0.2) is 255 Å². The molecule has 3 aromatic heterocycles. The fraction of sp³-hybridized carbons (Fsp3) is 0. The minimum Gasteiger partial charge on any atom is -0.309 e. The number of hydrogen-bond donors (Lipinski definition) is 0. The molecule has 0 atom stereocenters. The highest BCUT2D eigenvalue weighted by Crippen LogP contribution is 2.45. The van der Waals surface area contributed by atoms with Crippen LogP contribution < -0.4 is 0 Å². The molecule has 0 saturated carbocycles. The first-order valence-electron chi connectivity index (χ1n) is 24.6. The predicted molar refractivity (Wildman–Crippen MR) is 302 cm³/mol. The van der Waals surface area contributed by atoms with E-state index in [1.54, 1.807) is 0 Å². The maximum atomic E-state index is 5.58. The van der Waals surface area contributed by atoms with E-state index in [-0.39, 0.29) is 0 Å². The van der Waals surface area contributed by atoms with Crippen LogP contribution in [0.4, 0.5) is 0 Å². The second-order valence-electron chi connectivity index (χ2n) is 18.9. The molecule has 0 radical (unpaired) electrons. The van der Waals surface area contributed by atoms with E-state index in [2.05, 4.69) is 264 Å². The Hall–Kier alpha value is -9.64. The van der Waals surface area contributed by atoms with Crippen LogP contribution in [-0.4, -0.2) is 19.1 Å². The lowest BCUT2D eigenvalue weighted by atomic mass is 9.94. The molecule has 4 heteroatoms. The van der Waals surface area contributed by atoms with Crippen molar-refractivity contribution in [2.24, 2.45) is 0 Å². The molecule has 0 fully saturated rings. The van der Waals surface area contributed by atoms with E-state index in [4.69, 9.17) is 9.97 Å². The van der Waals surface area contributed by atoms with Crippen molar-refractivity contribution in [3.8, 4) is 56.3 Å². The monoisotopic (exact) mass is 914 g/mol. The lowest BCUT2D eigenvalue weighted by molar-refractivity contribution is 1.18. The molecular weight excluding hydrogens is 873 g/mol. The first kappa shape index (κ1) is 40.3. The smallest absolute Gasteiger partial charge is 0.161 e. The fourth-order valence-electron chi connectivity index (χ4n) is 11.6. The van der Waals surface area contributed by atoms with Gasteiger partial charge in [0.2, 0.25) is 0 Å². The van der Waals surface area contributed by atoms with Gasteiger partial charge in [-0.3, -0.25) is 0 Å². The van der Waals surface area contributed by atoms with Crippen molar-refractivity contribution in [1.82, 2.24) is 19.1 Å². The molecule has 3 heterocycles. The summed E-state index contributed by atoms with van der Waals surface area (Å²) < 4.78 is 4.98. The Bertz CT molecular complexity index is 4620. The Kier molecular flexibility index (Phi) is 8.92. The first-order chi connectivity index (χ1) is 35.7. The van der Waals surface area contributed by atoms with Crippen molar-refractivity contribution >= 4 is 86.8 Å². The van der Waals surface area contributed by atoms with Crippen molar-refractivity contribution in [3.63, 3.8) is 0 Å². The van der Waals surface area contributed by atoms with Gasteiger partial charge in [-0.05, 0) is 122 Å². The van der Waals surface area contributed by atoms with Crippen molar-refractivity contribution in [1.29, 1.82) is 0 Å². The molecule has 0 aliphatic carbocycles. The summed E-state index contributed by atoms with van der Waals surface area (Å²) in [5.74, 6) is 0.687. The minimum atomic E-state index is 0.687. The summed E-state index contributed by atoms with van der Waals surface area (Å²) in [7, 11) is 0. The molecule has 0 bridgehead atoms. The highest BCUT2D eigenvalue weighted by Gasteiger charge is 2.23. The molecule has 72 heavy (non-hydrogen) atoms. The Labute approximate surface area is 415 Å². The van der Waals surface area contributed by atoms with Crippen molar-refractivity contribution in [2.45, 2.75) is 0 Å². The van der Waals surface area contributed by atoms with Crippen molar-refractivity contribution in [2.75, 3.05) is 0 Å². The summed E-state index contributed by atoms with van der Waals surface area (Å²) in [6, 6.07) is 92.4. The van der Waals surface area contributed by atoms with E-state index < -0.39 is 0 Å². The minimum absolute atomic E-state index is 0.687. The number of rotatable bonds is 6. The zero-order chi connectivity index (χ0) is 47.3. The molecule has 15 aromatic rings. The van der Waals surface area contributed by atoms with Gasteiger partial charge in [-0.1, -0.05) is 182 Å². The zero-order valence-electron chi connectivity index (χ0n) is 39.0. The van der Waals surface area contributed by atoms with Crippen LogP contribution in [0.5, 0.6) is 0 Å². The van der Waals surface area contributed by atoms with Gasteiger partial charge in [0.15, 0.2) is 5.82 Å². The third kappa shape index (κ3) is 6.19. The third-order valence-corrected chi connectivity index (χ3v) is 14.8. The quantitative estimate of drug-likeness (QED) is 0.167. The average Bonchev–Trinajstić information content (AvgIpc) is 3.97. The number of fused-ring (bicyclic) bond motifs is 11. The molecule has 15 rings (SSSR count). The maximum absolute atomic E-state index is 5.58. The Balaban J connectivity index is 0.976. The van der Waals surface area contributed by atoms with Crippen molar-refractivity contribution in [3.05, 3.63) is 255 Å². The maximum Gasteiger partial charge on any atom is 0.161 e. The second-order valence-corrected chi connectivity index (χ2v) is 18.9. The molecule has 0 saturated heterocycles. The van der Waals surface area contributed by atoms with E-state index in [0.29, 0.717) is 5.82 Å². The van der Waals surface area contributed by atoms with Gasteiger partial charge in [0.1, 0.15) is 0 Å². The lowest BCUT2D eigenvalue weighted by Gasteiger charge is -2.16. The Morgan fingerprint density at radius 2 is 0.833 bits per heavy atom. The Morgan fingerprint density at radius 1 is 0.264 bits per heavy atom. The summed E-state index contributed by atoms with van der Waals surface area (Å²) in [6.07, 6.45) is 0. The Morgan fingerprint density at radius 3 is 1.60 bits per heavy atom. The molecule has 0 aliphatic heterocycles. The first-order valence-corrected chi connectivity index (χ1v) is 24.6. The summed E-state index contributed by atoms with van der Waals surface area (Å²) >= 11 is 0. The topological polar surface area (TPSA) is 35.6 Å². The number of benzene rings is 12. The molecule has 0 aliphatic rings. The standard InChI is InChI=1S/C68H42N4/c1-3-18-43(19-4-1)48-38-49(44-20-5-2-6-21-44)40-50(39-48)67-55-28-13-15-30-58(55)69-68(70-67)54-35-37-60(53-27-12-11-26-52(53)54)72-62-33-17-32-61(66(62)57-41-46-23-7-8-24-47(46)42-64(57)72)71-59-31-16-14-29-56(59)65-51-25-10-9-22-45(51)34-36-63(65)71/h1-42H. The van der Waals surface area contributed by atoms with E-state index in [9.17, 15) is 0 Å². The molecule has 0 N–H and O–H groups in total. The zero-order valence-corrected chi connectivity index (χ0v) is 39.0. The summed E-state index contributed by atoms with van der Waals surface area (Å²) in [6.45, 7) is 0. The van der Waals surface area contributed by atoms with E-state index in [1.165, 1.54) is 54.1 Å². The highest BCUT2D eigenvalue weighted by molar-refractivity contribution is 6.24. The van der Waals surface area contributed by atoms with Gasteiger partial charge in [-0.2, -0.15) is 0 Å². The summed E-state index contributed by atoms with van der Waals surface area (Å²) in [4.78, 5) is 10.9. The van der Waals surface area contributed by atoms with E-state index in [1.807, 2.05) is 0 Å². The number of hydrogen-bond acceptors (Lipinski definition) is 2. The SMILES string of the molecule is c1ccc(-c2cc(-c3ccccc3)cc(-c3nc(-c4ccc(-n5c6cc7ccccc7cc6c6c(-n7c8ccccc8c8c9ccccc9ccc87)cccc65)c5ccccc45)nc4ccccc34)c2)cc1. The molecular formula is C68H42N4. The average molecular weight is 915 g/mol. The van der Waals surface area contributed by atoms with Gasteiger partial charge in [0, 0.05) is 43.4 Å². The van der Waals surface area contributed by atoms with Crippen LogP contribution in [0, 0.1) is 0 Å². The van der Waals surface area contributed by atoms with Crippen LogP contribution >= 0.6 is 0 Å². The normalized spacial score (nSPS) is 11.9. The van der Waals surface area contributed by atoms with Crippen LogP contribution in [0.1, 0.15) is 0 Å².